The van der Waals surface area contributed by atoms with Crippen LogP contribution in [0.25, 0.3) is 0 Å². The van der Waals surface area contributed by atoms with Gasteiger partial charge < -0.3 is 11.5 Å². The van der Waals surface area contributed by atoms with E-state index in [4.69, 9.17) is 16.7 Å². The molecular formula is C9H8BrN3O. The number of benzene rings is 1. The van der Waals surface area contributed by atoms with Crippen molar-refractivity contribution in [3.8, 4) is 6.07 Å². The van der Waals surface area contributed by atoms with E-state index < -0.39 is 0 Å². The average Bonchev–Trinajstić information content (AvgIpc) is 2.15. The molecule has 0 unspecified atom stereocenters. The number of hydrogen-bond donors (Lipinski definition) is 2. The Bertz CT molecular complexity index is 423. The SMILES string of the molecule is N#Cc1cc(N)cc(N)c1C(=O)CBr. The maximum atomic E-state index is 11.4. The second-order valence-electron chi connectivity index (χ2n) is 2.70. The van der Waals surface area contributed by atoms with E-state index in [9.17, 15) is 4.79 Å². The normalized spacial score (nSPS) is 9.43. The fraction of sp³-hybridized carbons (Fsp3) is 0.111. The molecule has 5 heteroatoms. The quantitative estimate of drug-likeness (QED) is 0.472. The zero-order chi connectivity index (χ0) is 10.7. The smallest absolute Gasteiger partial charge is 0.176 e. The van der Waals surface area contributed by atoms with E-state index in [0.717, 1.165) is 0 Å². The van der Waals surface area contributed by atoms with Gasteiger partial charge in [0.05, 0.1) is 16.5 Å². The Morgan fingerprint density at radius 3 is 2.64 bits per heavy atom. The van der Waals surface area contributed by atoms with Gasteiger partial charge in [-0.1, -0.05) is 15.9 Å². The number of nitrogens with two attached hydrogens (primary N) is 2. The molecule has 0 spiro atoms. The first kappa shape index (κ1) is 10.5. The first-order chi connectivity index (χ1) is 6.60. The minimum absolute atomic E-state index is 0.135. The Hall–Kier alpha value is -1.54. The highest BCUT2D eigenvalue weighted by Gasteiger charge is 2.14. The number of nitrogen functional groups attached to an aromatic ring is 2. The third kappa shape index (κ3) is 1.86. The number of halogens is 1. The fourth-order valence-electron chi connectivity index (χ4n) is 1.15. The van der Waals surface area contributed by atoms with Gasteiger partial charge in [0.25, 0.3) is 0 Å². The van der Waals surface area contributed by atoms with Gasteiger partial charge in [-0.2, -0.15) is 5.26 Å². The Balaban J connectivity index is 3.42. The van der Waals surface area contributed by atoms with E-state index in [-0.39, 0.29) is 27.9 Å². The average molecular weight is 254 g/mol. The van der Waals surface area contributed by atoms with Gasteiger partial charge in [-0.15, -0.1) is 0 Å². The molecule has 1 rings (SSSR count). The summed E-state index contributed by atoms with van der Waals surface area (Å²) in [5, 5.41) is 8.92. The van der Waals surface area contributed by atoms with Crippen LogP contribution < -0.4 is 11.5 Å². The molecule has 0 radical (unpaired) electrons. The summed E-state index contributed by atoms with van der Waals surface area (Å²) in [6.45, 7) is 0. The van der Waals surface area contributed by atoms with Crippen LogP contribution in [0.1, 0.15) is 15.9 Å². The van der Waals surface area contributed by atoms with Crippen molar-refractivity contribution in [2.45, 2.75) is 0 Å². The van der Waals surface area contributed by atoms with Crippen LogP contribution in [0, 0.1) is 11.3 Å². The van der Waals surface area contributed by atoms with E-state index in [0.29, 0.717) is 5.69 Å². The summed E-state index contributed by atoms with van der Waals surface area (Å²) in [7, 11) is 0. The van der Waals surface area contributed by atoms with Crippen LogP contribution in [0.4, 0.5) is 11.4 Å². The van der Waals surface area contributed by atoms with Crippen molar-refractivity contribution < 1.29 is 4.79 Å². The monoisotopic (exact) mass is 253 g/mol. The van der Waals surface area contributed by atoms with E-state index in [1.165, 1.54) is 12.1 Å². The minimum atomic E-state index is -0.223. The van der Waals surface area contributed by atoms with Gasteiger partial charge >= 0.3 is 0 Å². The number of Topliss-reactive ketones (excluding diaryl/α,β-unsaturated/α-hetero) is 1. The van der Waals surface area contributed by atoms with Gasteiger partial charge in [0, 0.05) is 11.4 Å². The summed E-state index contributed by atoms with van der Waals surface area (Å²) in [4.78, 5) is 11.4. The first-order valence-corrected chi connectivity index (χ1v) is 4.90. The number of ketones is 1. The minimum Gasteiger partial charge on any atom is -0.399 e. The molecule has 0 aliphatic heterocycles. The van der Waals surface area contributed by atoms with Crippen molar-refractivity contribution >= 4 is 33.1 Å². The molecule has 0 bridgehead atoms. The largest absolute Gasteiger partial charge is 0.399 e. The van der Waals surface area contributed by atoms with Gasteiger partial charge in [-0.25, -0.2) is 0 Å². The maximum Gasteiger partial charge on any atom is 0.176 e. The zero-order valence-corrected chi connectivity index (χ0v) is 8.84. The Labute approximate surface area is 89.6 Å². The van der Waals surface area contributed by atoms with Crippen LogP contribution in [0.2, 0.25) is 0 Å². The lowest BCUT2D eigenvalue weighted by Crippen LogP contribution is -2.08. The van der Waals surface area contributed by atoms with Gasteiger partial charge in [0.1, 0.15) is 6.07 Å². The summed E-state index contributed by atoms with van der Waals surface area (Å²) in [6.07, 6.45) is 0. The van der Waals surface area contributed by atoms with Gasteiger partial charge in [-0.05, 0) is 12.1 Å². The summed E-state index contributed by atoms with van der Waals surface area (Å²) in [6, 6.07) is 4.80. The number of rotatable bonds is 2. The molecule has 0 aliphatic carbocycles. The highest BCUT2D eigenvalue weighted by atomic mass is 79.9. The molecule has 0 aromatic heterocycles. The molecule has 72 valence electrons. The van der Waals surface area contributed by atoms with Gasteiger partial charge in [0.2, 0.25) is 0 Å². The van der Waals surface area contributed by atoms with Gasteiger partial charge in [0.15, 0.2) is 5.78 Å². The molecule has 14 heavy (non-hydrogen) atoms. The summed E-state index contributed by atoms with van der Waals surface area (Å²) < 4.78 is 0. The van der Waals surface area contributed by atoms with Crippen molar-refractivity contribution in [3.05, 3.63) is 23.3 Å². The molecule has 0 amide bonds. The topological polar surface area (TPSA) is 92.9 Å². The van der Waals surface area contributed by atoms with Crippen molar-refractivity contribution in [1.82, 2.24) is 0 Å². The van der Waals surface area contributed by atoms with Crippen LogP contribution in [-0.2, 0) is 0 Å². The van der Waals surface area contributed by atoms with Crippen molar-refractivity contribution in [2.24, 2.45) is 0 Å². The molecule has 1 aromatic rings. The number of carbonyl (C=O) groups excluding carboxylic acids is 1. The first-order valence-electron chi connectivity index (χ1n) is 3.78. The Morgan fingerprint density at radius 2 is 2.14 bits per heavy atom. The molecule has 0 aliphatic rings. The van der Waals surface area contributed by atoms with E-state index in [2.05, 4.69) is 15.9 Å². The number of hydrogen-bond acceptors (Lipinski definition) is 4. The van der Waals surface area contributed by atoms with Gasteiger partial charge in [-0.3, -0.25) is 4.79 Å². The van der Waals surface area contributed by atoms with Crippen LogP contribution in [0.3, 0.4) is 0 Å². The third-order valence-electron chi connectivity index (χ3n) is 1.71. The molecule has 0 saturated heterocycles. The molecule has 0 atom stereocenters. The lowest BCUT2D eigenvalue weighted by Gasteiger charge is -2.06. The summed E-state index contributed by atoms with van der Waals surface area (Å²) in [5.41, 5.74) is 12.2. The number of carbonyl (C=O) groups is 1. The maximum absolute atomic E-state index is 11.4. The molecule has 4 nitrogen and oxygen atoms in total. The van der Waals surface area contributed by atoms with Crippen molar-refractivity contribution in [1.29, 1.82) is 5.26 Å². The second-order valence-corrected chi connectivity index (χ2v) is 3.26. The van der Waals surface area contributed by atoms with E-state index >= 15 is 0 Å². The van der Waals surface area contributed by atoms with Crippen LogP contribution in [-0.4, -0.2) is 11.1 Å². The second kappa shape index (κ2) is 4.11. The predicted molar refractivity (Wildman–Crippen MR) is 58.1 cm³/mol. The zero-order valence-electron chi connectivity index (χ0n) is 7.25. The standard InChI is InChI=1S/C9H8BrN3O/c10-3-8(14)9-5(4-11)1-6(12)2-7(9)13/h1-2H,3,12-13H2. The number of nitrogens with zero attached hydrogens (tertiary/aromatic N) is 1. The number of nitriles is 1. The number of alkyl halides is 1. The molecule has 0 saturated carbocycles. The lowest BCUT2D eigenvalue weighted by atomic mass is 10.0. The van der Waals surface area contributed by atoms with Crippen molar-refractivity contribution in [2.75, 3.05) is 16.8 Å². The molecule has 1 aromatic carbocycles. The highest BCUT2D eigenvalue weighted by molar-refractivity contribution is 9.09. The lowest BCUT2D eigenvalue weighted by molar-refractivity contribution is 0.102. The molecule has 0 fully saturated rings. The summed E-state index contributed by atoms with van der Waals surface area (Å²) in [5.74, 6) is -0.223. The predicted octanol–water partition coefficient (Wildman–Crippen LogP) is 1.30. The molecular weight excluding hydrogens is 246 g/mol. The van der Waals surface area contributed by atoms with E-state index in [1.807, 2.05) is 6.07 Å². The number of anilines is 2. The Kier molecular flexibility index (Phi) is 3.10. The summed E-state index contributed by atoms with van der Waals surface area (Å²) >= 11 is 3.02. The Morgan fingerprint density at radius 1 is 1.50 bits per heavy atom. The van der Waals surface area contributed by atoms with E-state index in [1.54, 1.807) is 0 Å². The van der Waals surface area contributed by atoms with Crippen molar-refractivity contribution in [3.63, 3.8) is 0 Å². The molecule has 4 N–H and O–H groups in total. The fourth-order valence-corrected chi connectivity index (χ4v) is 1.43. The van der Waals surface area contributed by atoms with Crippen LogP contribution >= 0.6 is 15.9 Å². The third-order valence-corrected chi connectivity index (χ3v) is 2.22. The molecule has 0 heterocycles. The highest BCUT2D eigenvalue weighted by Crippen LogP contribution is 2.21. The van der Waals surface area contributed by atoms with Crippen LogP contribution in [0.15, 0.2) is 12.1 Å². The van der Waals surface area contributed by atoms with Crippen LogP contribution in [0.5, 0.6) is 0 Å².